The maximum absolute atomic E-state index is 12.8. The molecule has 2 N–H and O–H groups in total. The van der Waals surface area contributed by atoms with E-state index in [4.69, 9.17) is 0 Å². The summed E-state index contributed by atoms with van der Waals surface area (Å²) in [5, 5.41) is 5.09. The Morgan fingerprint density at radius 2 is 1.48 bits per heavy atom. The first kappa shape index (κ1) is 16.4. The number of benzene rings is 2. The second kappa shape index (κ2) is 7.31. The first-order chi connectivity index (χ1) is 11.0. The number of nitrogens with one attached hydrogen (secondary N) is 2. The van der Waals surface area contributed by atoms with Gasteiger partial charge in [-0.2, -0.15) is 0 Å². The van der Waals surface area contributed by atoms with Crippen molar-refractivity contribution in [1.82, 2.24) is 5.32 Å². The summed E-state index contributed by atoms with van der Waals surface area (Å²) in [6.45, 7) is 1.21. The molecule has 2 aromatic carbocycles. The maximum Gasteiger partial charge on any atom is 0.251 e. The van der Waals surface area contributed by atoms with Gasteiger partial charge in [0.05, 0.1) is 6.54 Å². The molecule has 0 fully saturated rings. The van der Waals surface area contributed by atoms with E-state index in [1.54, 1.807) is 24.3 Å². The number of Topliss-reactive ketones (excluding diaryl/α,β-unsaturated/α-hetero) is 1. The van der Waals surface area contributed by atoms with Crippen LogP contribution in [0.1, 0.15) is 27.6 Å². The number of halogens is 1. The van der Waals surface area contributed by atoms with E-state index in [2.05, 4.69) is 10.6 Å². The lowest BCUT2D eigenvalue weighted by Crippen LogP contribution is -2.29. The summed E-state index contributed by atoms with van der Waals surface area (Å²) in [7, 11) is 0. The summed E-state index contributed by atoms with van der Waals surface area (Å²) < 4.78 is 12.8. The highest BCUT2D eigenvalue weighted by Crippen LogP contribution is 2.09. The normalized spacial score (nSPS) is 10.0. The van der Waals surface area contributed by atoms with E-state index in [9.17, 15) is 18.8 Å². The molecule has 23 heavy (non-hydrogen) atoms. The zero-order valence-electron chi connectivity index (χ0n) is 12.4. The van der Waals surface area contributed by atoms with Crippen molar-refractivity contribution in [1.29, 1.82) is 0 Å². The molecule has 0 aliphatic heterocycles. The molecule has 0 unspecified atom stereocenters. The zero-order chi connectivity index (χ0) is 16.8. The number of amides is 2. The van der Waals surface area contributed by atoms with Crippen LogP contribution in [0.4, 0.5) is 10.1 Å². The minimum absolute atomic E-state index is 0.183. The van der Waals surface area contributed by atoms with Crippen LogP contribution in [-0.4, -0.2) is 24.1 Å². The Balaban J connectivity index is 1.92. The molecule has 2 rings (SSSR count). The fourth-order valence-electron chi connectivity index (χ4n) is 1.91. The lowest BCUT2D eigenvalue weighted by atomic mass is 10.1. The molecule has 118 valence electrons. The average Bonchev–Trinajstić information content (AvgIpc) is 2.53. The monoisotopic (exact) mass is 314 g/mol. The third-order valence-corrected chi connectivity index (χ3v) is 3.04. The summed E-state index contributed by atoms with van der Waals surface area (Å²) >= 11 is 0. The van der Waals surface area contributed by atoms with Crippen LogP contribution in [0.5, 0.6) is 0 Å². The molecular formula is C17H15FN2O3. The minimum Gasteiger partial charge on any atom is -0.345 e. The Labute approximate surface area is 132 Å². The number of carbonyl (C=O) groups excluding carboxylic acids is 3. The lowest BCUT2D eigenvalue weighted by Gasteiger charge is -2.06. The Hall–Kier alpha value is -3.02. The van der Waals surface area contributed by atoms with Gasteiger partial charge in [-0.25, -0.2) is 4.39 Å². The van der Waals surface area contributed by atoms with E-state index in [1.165, 1.54) is 31.2 Å². The number of anilines is 1. The SMILES string of the molecule is CC(=O)Nc1ccc(C(=O)NCC(=O)c2ccc(F)cc2)cc1. The molecule has 0 atom stereocenters. The Morgan fingerprint density at radius 3 is 2.04 bits per heavy atom. The van der Waals surface area contributed by atoms with Gasteiger partial charge in [0.2, 0.25) is 5.91 Å². The van der Waals surface area contributed by atoms with Crippen LogP contribution < -0.4 is 10.6 Å². The van der Waals surface area contributed by atoms with E-state index >= 15 is 0 Å². The summed E-state index contributed by atoms with van der Waals surface area (Å²) in [5.74, 6) is -1.35. The van der Waals surface area contributed by atoms with Crippen molar-refractivity contribution in [2.24, 2.45) is 0 Å². The van der Waals surface area contributed by atoms with Crippen LogP contribution in [0.2, 0.25) is 0 Å². The van der Waals surface area contributed by atoms with Crippen LogP contribution >= 0.6 is 0 Å². The van der Waals surface area contributed by atoms with E-state index in [1.807, 2.05) is 0 Å². The molecule has 2 aromatic rings. The van der Waals surface area contributed by atoms with Gasteiger partial charge in [-0.3, -0.25) is 14.4 Å². The van der Waals surface area contributed by atoms with Gasteiger partial charge in [-0.05, 0) is 48.5 Å². The van der Waals surface area contributed by atoms with Crippen molar-refractivity contribution in [2.75, 3.05) is 11.9 Å². The summed E-state index contributed by atoms with van der Waals surface area (Å²) in [5.41, 5.74) is 1.27. The Morgan fingerprint density at radius 1 is 0.913 bits per heavy atom. The van der Waals surface area contributed by atoms with Crippen LogP contribution in [0.25, 0.3) is 0 Å². The molecule has 0 saturated carbocycles. The van der Waals surface area contributed by atoms with Gasteiger partial charge in [-0.15, -0.1) is 0 Å². The number of hydrogen-bond donors (Lipinski definition) is 2. The minimum atomic E-state index is -0.426. The van der Waals surface area contributed by atoms with Crippen molar-refractivity contribution in [3.05, 3.63) is 65.5 Å². The first-order valence-electron chi connectivity index (χ1n) is 6.90. The zero-order valence-corrected chi connectivity index (χ0v) is 12.4. The van der Waals surface area contributed by atoms with Crippen LogP contribution in [0.15, 0.2) is 48.5 Å². The molecule has 0 spiro atoms. The fraction of sp³-hybridized carbons (Fsp3) is 0.118. The Kier molecular flexibility index (Phi) is 5.19. The second-order valence-corrected chi connectivity index (χ2v) is 4.87. The van der Waals surface area contributed by atoms with Crippen molar-refractivity contribution in [3.63, 3.8) is 0 Å². The number of carbonyl (C=O) groups is 3. The average molecular weight is 314 g/mol. The molecule has 2 amide bonds. The fourth-order valence-corrected chi connectivity index (χ4v) is 1.91. The highest BCUT2D eigenvalue weighted by molar-refractivity contribution is 6.02. The van der Waals surface area contributed by atoms with Crippen molar-refractivity contribution < 1.29 is 18.8 Å². The summed E-state index contributed by atoms with van der Waals surface area (Å²) in [4.78, 5) is 34.8. The molecule has 0 heterocycles. The maximum atomic E-state index is 12.8. The third-order valence-electron chi connectivity index (χ3n) is 3.04. The standard InChI is InChI=1S/C17H15FN2O3/c1-11(21)20-15-8-4-13(5-9-15)17(23)19-10-16(22)12-2-6-14(18)7-3-12/h2-9H,10H2,1H3,(H,19,23)(H,20,21). The van der Waals surface area contributed by atoms with Crippen LogP contribution in [-0.2, 0) is 4.79 Å². The van der Waals surface area contributed by atoms with E-state index < -0.39 is 11.7 Å². The van der Waals surface area contributed by atoms with Crippen molar-refractivity contribution >= 4 is 23.3 Å². The lowest BCUT2D eigenvalue weighted by molar-refractivity contribution is -0.114. The van der Waals surface area contributed by atoms with Gasteiger partial charge >= 0.3 is 0 Å². The molecular weight excluding hydrogens is 299 g/mol. The number of ketones is 1. The molecule has 0 aromatic heterocycles. The Bertz CT molecular complexity index is 725. The van der Waals surface area contributed by atoms with E-state index in [0.29, 0.717) is 16.8 Å². The molecule has 0 saturated heterocycles. The quantitative estimate of drug-likeness (QED) is 0.832. The van der Waals surface area contributed by atoms with Crippen LogP contribution in [0, 0.1) is 5.82 Å². The van der Waals surface area contributed by atoms with Gasteiger partial charge in [0.25, 0.3) is 5.91 Å². The molecule has 6 heteroatoms. The molecule has 0 aliphatic rings. The predicted octanol–water partition coefficient (Wildman–Crippen LogP) is 2.40. The molecule has 0 bridgehead atoms. The van der Waals surface area contributed by atoms with E-state index in [0.717, 1.165) is 0 Å². The van der Waals surface area contributed by atoms with Crippen molar-refractivity contribution in [3.8, 4) is 0 Å². The topological polar surface area (TPSA) is 75.3 Å². The van der Waals surface area contributed by atoms with Crippen LogP contribution in [0.3, 0.4) is 0 Å². The van der Waals surface area contributed by atoms with Crippen molar-refractivity contribution in [2.45, 2.75) is 6.92 Å². The molecule has 5 nitrogen and oxygen atoms in total. The predicted molar refractivity (Wildman–Crippen MR) is 83.8 cm³/mol. The van der Waals surface area contributed by atoms with Gasteiger partial charge in [0.1, 0.15) is 5.82 Å². The highest BCUT2D eigenvalue weighted by atomic mass is 19.1. The summed E-state index contributed by atoms with van der Waals surface area (Å²) in [6.07, 6.45) is 0. The second-order valence-electron chi connectivity index (χ2n) is 4.87. The number of hydrogen-bond acceptors (Lipinski definition) is 3. The van der Waals surface area contributed by atoms with Gasteiger partial charge in [-0.1, -0.05) is 0 Å². The largest absolute Gasteiger partial charge is 0.345 e. The van der Waals surface area contributed by atoms with Gasteiger partial charge in [0.15, 0.2) is 5.78 Å². The number of rotatable bonds is 5. The molecule has 0 radical (unpaired) electrons. The molecule has 0 aliphatic carbocycles. The summed E-state index contributed by atoms with van der Waals surface area (Å²) in [6, 6.07) is 11.4. The van der Waals surface area contributed by atoms with Gasteiger partial charge in [0, 0.05) is 23.7 Å². The van der Waals surface area contributed by atoms with Gasteiger partial charge < -0.3 is 10.6 Å². The third kappa shape index (κ3) is 4.74. The smallest absolute Gasteiger partial charge is 0.251 e. The first-order valence-corrected chi connectivity index (χ1v) is 6.90. The van der Waals surface area contributed by atoms with E-state index in [-0.39, 0.29) is 18.2 Å². The highest BCUT2D eigenvalue weighted by Gasteiger charge is 2.10.